The molecule has 6 heteroatoms. The number of carboxylic acid groups (broad SMARTS) is 1. The summed E-state index contributed by atoms with van der Waals surface area (Å²) < 4.78 is 5.44. The minimum absolute atomic E-state index is 0.0495. The van der Waals surface area contributed by atoms with Gasteiger partial charge in [-0.25, -0.2) is 4.79 Å². The first kappa shape index (κ1) is 13.8. The van der Waals surface area contributed by atoms with E-state index in [-0.39, 0.29) is 12.2 Å². The van der Waals surface area contributed by atoms with Crippen LogP contribution < -0.4 is 4.74 Å². The molecule has 1 aromatic heterocycles. The molecule has 2 rings (SSSR count). The Hall–Kier alpha value is -2.58. The van der Waals surface area contributed by atoms with Crippen molar-refractivity contribution in [1.29, 1.82) is 5.26 Å². The molecule has 0 saturated heterocycles. The van der Waals surface area contributed by atoms with E-state index in [4.69, 9.17) is 26.7 Å². The number of hydrogen-bond donors (Lipinski definition) is 1. The highest BCUT2D eigenvalue weighted by Gasteiger charge is 2.07. The molecule has 1 aromatic carbocycles. The van der Waals surface area contributed by atoms with Crippen LogP contribution in [-0.4, -0.2) is 16.1 Å². The molecule has 1 N–H and O–H groups in total. The molecule has 0 bridgehead atoms. The molecule has 0 saturated carbocycles. The second-order valence-corrected chi connectivity index (χ2v) is 4.33. The number of aromatic nitrogens is 1. The molecule has 1 heterocycles. The Balaban J connectivity index is 2.11. The van der Waals surface area contributed by atoms with Crippen molar-refractivity contribution in [3.8, 4) is 11.8 Å². The van der Waals surface area contributed by atoms with Gasteiger partial charge in [-0.05, 0) is 18.2 Å². The van der Waals surface area contributed by atoms with Crippen molar-refractivity contribution in [3.63, 3.8) is 0 Å². The van der Waals surface area contributed by atoms with E-state index in [2.05, 4.69) is 4.98 Å². The third kappa shape index (κ3) is 3.25. The van der Waals surface area contributed by atoms with Gasteiger partial charge in [-0.2, -0.15) is 5.26 Å². The Labute approximate surface area is 120 Å². The maximum absolute atomic E-state index is 10.8. The Morgan fingerprint density at radius 3 is 2.85 bits per heavy atom. The predicted octanol–water partition coefficient (Wildman–Crippen LogP) is 2.88. The molecule has 0 radical (unpaired) electrons. The van der Waals surface area contributed by atoms with E-state index in [9.17, 15) is 4.79 Å². The van der Waals surface area contributed by atoms with Gasteiger partial charge in [-0.15, -0.1) is 0 Å². The Bertz CT molecular complexity index is 695. The molecule has 20 heavy (non-hydrogen) atoms. The first-order chi connectivity index (χ1) is 9.60. The molecule has 5 nitrogen and oxygen atoms in total. The number of nitriles is 1. The minimum Gasteiger partial charge on any atom is -0.487 e. The number of nitrogens with zero attached hydrogens (tertiary/aromatic N) is 2. The summed E-state index contributed by atoms with van der Waals surface area (Å²) in [5, 5.41) is 18.0. The molecule has 0 spiro atoms. The summed E-state index contributed by atoms with van der Waals surface area (Å²) >= 11 is 6.02. The first-order valence-electron chi connectivity index (χ1n) is 5.60. The summed E-state index contributed by atoms with van der Waals surface area (Å²) in [6, 6.07) is 8.24. The van der Waals surface area contributed by atoms with Gasteiger partial charge in [0.15, 0.2) is 0 Å². The maximum atomic E-state index is 10.8. The lowest BCUT2D eigenvalue weighted by Crippen LogP contribution is -2.01. The number of carboxylic acids is 1. The topological polar surface area (TPSA) is 83.2 Å². The van der Waals surface area contributed by atoms with Gasteiger partial charge in [0, 0.05) is 16.8 Å². The van der Waals surface area contributed by atoms with Crippen molar-refractivity contribution >= 4 is 17.6 Å². The van der Waals surface area contributed by atoms with E-state index >= 15 is 0 Å². The monoisotopic (exact) mass is 288 g/mol. The molecular formula is C14H9ClN2O3. The maximum Gasteiger partial charge on any atom is 0.337 e. The molecular weight excluding hydrogens is 280 g/mol. The number of hydrogen-bond acceptors (Lipinski definition) is 4. The normalized spacial score (nSPS) is 9.80. The number of carbonyl (C=O) groups is 1. The van der Waals surface area contributed by atoms with Crippen LogP contribution in [0.4, 0.5) is 0 Å². The van der Waals surface area contributed by atoms with Crippen LogP contribution in [-0.2, 0) is 6.61 Å². The largest absolute Gasteiger partial charge is 0.487 e. The standard InChI is InChI=1S/C14H9ClN2O3/c15-13-3-9(5-16)1-2-10(13)8-20-12-4-11(14(18)19)6-17-7-12/h1-4,6-7H,8H2,(H,18,19). The van der Waals surface area contributed by atoms with Crippen molar-refractivity contribution in [2.24, 2.45) is 0 Å². The lowest BCUT2D eigenvalue weighted by molar-refractivity contribution is 0.0696. The zero-order valence-corrected chi connectivity index (χ0v) is 11.0. The number of aromatic carboxylic acids is 1. The van der Waals surface area contributed by atoms with Crippen LogP contribution >= 0.6 is 11.6 Å². The van der Waals surface area contributed by atoms with E-state index < -0.39 is 5.97 Å². The molecule has 0 aliphatic heterocycles. The second kappa shape index (κ2) is 6.04. The van der Waals surface area contributed by atoms with Crippen molar-refractivity contribution in [1.82, 2.24) is 4.98 Å². The van der Waals surface area contributed by atoms with Gasteiger partial charge < -0.3 is 9.84 Å². The fourth-order valence-corrected chi connectivity index (χ4v) is 1.74. The highest BCUT2D eigenvalue weighted by Crippen LogP contribution is 2.20. The molecule has 2 aromatic rings. The van der Waals surface area contributed by atoms with E-state index in [1.807, 2.05) is 6.07 Å². The SMILES string of the molecule is N#Cc1ccc(COc2cncc(C(=O)O)c2)c(Cl)c1. The van der Waals surface area contributed by atoms with Crippen molar-refractivity contribution in [2.75, 3.05) is 0 Å². The molecule has 0 aliphatic carbocycles. The smallest absolute Gasteiger partial charge is 0.337 e. The van der Waals surface area contributed by atoms with Gasteiger partial charge in [0.2, 0.25) is 0 Å². The van der Waals surface area contributed by atoms with Crippen LogP contribution in [0.2, 0.25) is 5.02 Å². The number of rotatable bonds is 4. The van der Waals surface area contributed by atoms with Gasteiger partial charge in [0.05, 0.1) is 23.4 Å². The zero-order valence-electron chi connectivity index (χ0n) is 10.2. The molecule has 0 unspecified atom stereocenters. The summed E-state index contributed by atoms with van der Waals surface area (Å²) in [6.45, 7) is 0.162. The fraction of sp³-hybridized carbons (Fsp3) is 0.0714. The van der Waals surface area contributed by atoms with Gasteiger partial charge in [-0.1, -0.05) is 17.7 Å². The molecule has 0 atom stereocenters. The van der Waals surface area contributed by atoms with Crippen LogP contribution in [0.3, 0.4) is 0 Å². The highest BCUT2D eigenvalue weighted by atomic mass is 35.5. The Morgan fingerprint density at radius 1 is 1.40 bits per heavy atom. The lowest BCUT2D eigenvalue weighted by atomic mass is 10.1. The summed E-state index contributed by atoms with van der Waals surface area (Å²) in [5.74, 6) is -0.732. The second-order valence-electron chi connectivity index (χ2n) is 3.92. The minimum atomic E-state index is -1.07. The Kier molecular flexibility index (Phi) is 4.18. The highest BCUT2D eigenvalue weighted by molar-refractivity contribution is 6.31. The van der Waals surface area contributed by atoms with Crippen LogP contribution in [0.15, 0.2) is 36.7 Å². The van der Waals surface area contributed by atoms with Gasteiger partial charge in [0.1, 0.15) is 12.4 Å². The van der Waals surface area contributed by atoms with Crippen LogP contribution in [0.1, 0.15) is 21.5 Å². The molecule has 0 fully saturated rings. The molecule has 100 valence electrons. The van der Waals surface area contributed by atoms with Crippen molar-refractivity contribution < 1.29 is 14.6 Å². The summed E-state index contributed by atoms with van der Waals surface area (Å²) in [7, 11) is 0. The van der Waals surface area contributed by atoms with E-state index in [1.165, 1.54) is 18.5 Å². The average molecular weight is 289 g/mol. The van der Waals surface area contributed by atoms with Crippen molar-refractivity contribution in [3.05, 3.63) is 58.4 Å². The number of pyridine rings is 1. The number of halogens is 1. The quantitative estimate of drug-likeness (QED) is 0.935. The number of ether oxygens (including phenoxy) is 1. The third-order valence-electron chi connectivity index (χ3n) is 2.54. The van der Waals surface area contributed by atoms with E-state index in [0.29, 0.717) is 21.9 Å². The van der Waals surface area contributed by atoms with Gasteiger partial charge >= 0.3 is 5.97 Å². The summed E-state index contributed by atoms with van der Waals surface area (Å²) in [6.07, 6.45) is 2.66. The summed E-state index contributed by atoms with van der Waals surface area (Å²) in [5.41, 5.74) is 1.22. The first-order valence-corrected chi connectivity index (χ1v) is 5.97. The fourth-order valence-electron chi connectivity index (χ4n) is 1.51. The van der Waals surface area contributed by atoms with E-state index in [0.717, 1.165) is 0 Å². The summed E-state index contributed by atoms with van der Waals surface area (Å²) in [4.78, 5) is 14.6. The van der Waals surface area contributed by atoms with Crippen LogP contribution in [0.5, 0.6) is 5.75 Å². The molecule has 0 amide bonds. The van der Waals surface area contributed by atoms with Crippen LogP contribution in [0.25, 0.3) is 0 Å². The lowest BCUT2D eigenvalue weighted by Gasteiger charge is -2.08. The molecule has 0 aliphatic rings. The predicted molar refractivity (Wildman–Crippen MR) is 71.7 cm³/mol. The van der Waals surface area contributed by atoms with Gasteiger partial charge in [0.25, 0.3) is 0 Å². The van der Waals surface area contributed by atoms with Crippen molar-refractivity contribution in [2.45, 2.75) is 6.61 Å². The number of benzene rings is 1. The Morgan fingerprint density at radius 2 is 2.20 bits per heavy atom. The average Bonchev–Trinajstić information content (AvgIpc) is 2.46. The van der Waals surface area contributed by atoms with Gasteiger partial charge in [-0.3, -0.25) is 4.98 Å². The third-order valence-corrected chi connectivity index (χ3v) is 2.89. The van der Waals surface area contributed by atoms with Crippen LogP contribution in [0, 0.1) is 11.3 Å². The zero-order chi connectivity index (χ0) is 14.5. The van der Waals surface area contributed by atoms with E-state index in [1.54, 1.807) is 18.2 Å².